The second-order valence-electron chi connectivity index (χ2n) is 10.6. The minimum atomic E-state index is -1.26. The molecule has 222 valence electrons. The highest BCUT2D eigenvalue weighted by Gasteiger charge is 2.76. The third-order valence-corrected chi connectivity index (χ3v) is 8.08. The average Bonchev–Trinajstić information content (AvgIpc) is 3.59. The minimum absolute atomic E-state index is 0.0202. The van der Waals surface area contributed by atoms with Gasteiger partial charge in [0.1, 0.15) is 18.6 Å². The van der Waals surface area contributed by atoms with Gasteiger partial charge in [0, 0.05) is 6.42 Å². The molecule has 2 aromatic rings. The van der Waals surface area contributed by atoms with Gasteiger partial charge in [0.15, 0.2) is 29.0 Å². The van der Waals surface area contributed by atoms with Crippen molar-refractivity contribution in [1.82, 2.24) is 0 Å². The molecule has 3 aliphatic rings. The van der Waals surface area contributed by atoms with Crippen LogP contribution in [0.5, 0.6) is 17.2 Å². The Labute approximate surface area is 240 Å². The van der Waals surface area contributed by atoms with Gasteiger partial charge in [-0.15, -0.1) is 0 Å². The molecule has 0 bridgehead atoms. The maximum absolute atomic E-state index is 13.2. The molecule has 0 amide bonds. The molecule has 3 saturated heterocycles. The summed E-state index contributed by atoms with van der Waals surface area (Å²) in [5.41, 5.74) is 0.498. The van der Waals surface area contributed by atoms with Crippen LogP contribution in [0.2, 0.25) is 0 Å². The van der Waals surface area contributed by atoms with E-state index in [9.17, 15) is 9.59 Å². The maximum Gasteiger partial charge on any atom is 0.317 e. The largest absolute Gasteiger partial charge is 0.493 e. The number of methoxy groups -OCH3 is 3. The van der Waals surface area contributed by atoms with Crippen LogP contribution in [-0.2, 0) is 46.3 Å². The number of ether oxygens (including phenoxy) is 8. The topological polar surface area (TPSA) is 108 Å². The Balaban J connectivity index is 1.36. The van der Waals surface area contributed by atoms with Crippen LogP contribution in [0, 0.1) is 5.92 Å². The molecule has 0 N–H and O–H groups in total. The van der Waals surface area contributed by atoms with Crippen LogP contribution < -0.4 is 14.2 Å². The lowest BCUT2D eigenvalue weighted by atomic mass is 9.81. The predicted molar refractivity (Wildman–Crippen MR) is 146 cm³/mol. The fourth-order valence-corrected chi connectivity index (χ4v) is 6.16. The zero-order valence-electron chi connectivity index (χ0n) is 24.0. The Bertz CT molecular complexity index is 1210. The van der Waals surface area contributed by atoms with Crippen molar-refractivity contribution in [3.63, 3.8) is 0 Å². The third kappa shape index (κ3) is 5.48. The number of rotatable bonds is 13. The highest BCUT2D eigenvalue weighted by atomic mass is 16.8. The Hall–Kier alpha value is -3.34. The Kier molecular flexibility index (Phi) is 8.72. The quantitative estimate of drug-likeness (QED) is 0.259. The summed E-state index contributed by atoms with van der Waals surface area (Å²) < 4.78 is 47.1. The molecule has 1 spiro atoms. The number of carbonyl (C=O) groups is 2. The van der Waals surface area contributed by atoms with Crippen molar-refractivity contribution < 1.29 is 47.5 Å². The van der Waals surface area contributed by atoms with Gasteiger partial charge in [-0.2, -0.15) is 0 Å². The van der Waals surface area contributed by atoms with Crippen LogP contribution in [-0.4, -0.2) is 70.1 Å². The van der Waals surface area contributed by atoms with Gasteiger partial charge in [-0.1, -0.05) is 50.1 Å². The Morgan fingerprint density at radius 3 is 2.39 bits per heavy atom. The number of esters is 2. The lowest BCUT2D eigenvalue weighted by Gasteiger charge is -2.34. The van der Waals surface area contributed by atoms with Crippen LogP contribution in [0.4, 0.5) is 0 Å². The SMILES string of the molecule is CCCCC[C@@]1(OCc2ccccc2)O[C@H]2[C@H](OC(=O)Cc3cc(OC)c(OC)c(OC)c3)CO[C@]23COC(=O)[C@H]13. The summed E-state index contributed by atoms with van der Waals surface area (Å²) in [6, 6.07) is 13.1. The summed E-state index contributed by atoms with van der Waals surface area (Å²) in [4.78, 5) is 26.4. The van der Waals surface area contributed by atoms with E-state index < -0.39 is 41.5 Å². The number of hydrogen-bond donors (Lipinski definition) is 0. The van der Waals surface area contributed by atoms with Gasteiger partial charge in [0.2, 0.25) is 5.75 Å². The van der Waals surface area contributed by atoms with Gasteiger partial charge in [-0.05, 0) is 29.7 Å². The first kappa shape index (κ1) is 29.2. The molecule has 5 rings (SSSR count). The van der Waals surface area contributed by atoms with Crippen molar-refractivity contribution in [2.24, 2.45) is 5.92 Å². The van der Waals surface area contributed by atoms with Gasteiger partial charge in [-0.3, -0.25) is 9.59 Å². The number of hydrogen-bond acceptors (Lipinski definition) is 10. The lowest BCUT2D eigenvalue weighted by Crippen LogP contribution is -2.48. The lowest BCUT2D eigenvalue weighted by molar-refractivity contribution is -0.266. The third-order valence-electron chi connectivity index (χ3n) is 8.08. The van der Waals surface area contributed by atoms with Crippen molar-refractivity contribution in [1.29, 1.82) is 0 Å². The van der Waals surface area contributed by atoms with E-state index in [2.05, 4.69) is 6.92 Å². The van der Waals surface area contributed by atoms with Crippen molar-refractivity contribution in [3.8, 4) is 17.2 Å². The van der Waals surface area contributed by atoms with Crippen molar-refractivity contribution in [3.05, 3.63) is 53.6 Å². The molecule has 10 heteroatoms. The maximum atomic E-state index is 13.2. The fourth-order valence-electron chi connectivity index (χ4n) is 6.16. The monoisotopic (exact) mass is 570 g/mol. The van der Waals surface area contributed by atoms with E-state index in [1.54, 1.807) is 12.1 Å². The number of cyclic esters (lactones) is 1. The van der Waals surface area contributed by atoms with Gasteiger partial charge >= 0.3 is 11.9 Å². The molecule has 0 unspecified atom stereocenters. The van der Waals surface area contributed by atoms with Gasteiger partial charge in [0.25, 0.3) is 0 Å². The molecule has 10 nitrogen and oxygen atoms in total. The summed E-state index contributed by atoms with van der Waals surface area (Å²) in [5, 5.41) is 0. The molecule has 0 aromatic heterocycles. The van der Waals surface area contributed by atoms with E-state index in [1.165, 1.54) is 21.3 Å². The highest BCUT2D eigenvalue weighted by molar-refractivity contribution is 5.79. The summed E-state index contributed by atoms with van der Waals surface area (Å²) in [6.07, 6.45) is 1.72. The first-order chi connectivity index (χ1) is 19.9. The second kappa shape index (κ2) is 12.3. The molecule has 0 saturated carbocycles. The van der Waals surface area contributed by atoms with Crippen LogP contribution in [0.3, 0.4) is 0 Å². The Morgan fingerprint density at radius 1 is 1.00 bits per heavy atom. The molecule has 0 aliphatic carbocycles. The molecule has 41 heavy (non-hydrogen) atoms. The van der Waals surface area contributed by atoms with E-state index >= 15 is 0 Å². The van der Waals surface area contributed by atoms with Crippen LogP contribution in [0.1, 0.15) is 43.7 Å². The number of unbranched alkanes of at least 4 members (excludes halogenated alkanes) is 2. The summed E-state index contributed by atoms with van der Waals surface area (Å²) in [6.45, 7) is 2.47. The second-order valence-corrected chi connectivity index (χ2v) is 10.6. The molecule has 5 atom stereocenters. The zero-order valence-corrected chi connectivity index (χ0v) is 24.0. The minimum Gasteiger partial charge on any atom is -0.493 e. The molecule has 3 aliphatic heterocycles. The van der Waals surface area contributed by atoms with Crippen molar-refractivity contribution in [2.45, 2.75) is 69.2 Å². The molecule has 0 radical (unpaired) electrons. The fraction of sp³-hybridized carbons (Fsp3) is 0.548. The van der Waals surface area contributed by atoms with E-state index in [0.29, 0.717) is 29.2 Å². The number of benzene rings is 2. The summed E-state index contributed by atoms with van der Waals surface area (Å²) >= 11 is 0. The van der Waals surface area contributed by atoms with Crippen LogP contribution in [0.15, 0.2) is 42.5 Å². The molecule has 2 aromatic carbocycles. The molecular weight excluding hydrogens is 532 g/mol. The highest BCUT2D eigenvalue weighted by Crippen LogP contribution is 2.56. The van der Waals surface area contributed by atoms with Crippen molar-refractivity contribution >= 4 is 11.9 Å². The molecule has 3 heterocycles. The standard InChI is InChI=1S/C31H38O10/c1-5-6-10-13-31(39-17-20-11-8-7-9-12-20)27-29(33)37-19-30(27)28(41-31)24(18-38-30)40-25(32)16-21-14-22(34-2)26(36-4)23(15-21)35-3/h7-9,11-12,14-15,24,27-28H,5-6,10,13,16-19H2,1-4H3/t24-,27+,28+,30+,31-/m1/s1. The van der Waals surface area contributed by atoms with Gasteiger partial charge < -0.3 is 37.9 Å². The first-order valence-electron chi connectivity index (χ1n) is 14.0. The Morgan fingerprint density at radius 2 is 1.73 bits per heavy atom. The van der Waals surface area contributed by atoms with E-state index in [0.717, 1.165) is 24.8 Å². The van der Waals surface area contributed by atoms with Crippen molar-refractivity contribution in [2.75, 3.05) is 34.5 Å². The molecular formula is C31H38O10. The number of carbonyl (C=O) groups excluding carboxylic acids is 2. The van der Waals surface area contributed by atoms with Crippen LogP contribution >= 0.6 is 0 Å². The first-order valence-corrected chi connectivity index (χ1v) is 14.0. The zero-order chi connectivity index (χ0) is 29.0. The normalized spacial score (nSPS) is 28.1. The van der Waals surface area contributed by atoms with Gasteiger partial charge in [-0.25, -0.2) is 0 Å². The smallest absolute Gasteiger partial charge is 0.317 e. The molecule has 3 fully saturated rings. The van der Waals surface area contributed by atoms with E-state index in [-0.39, 0.29) is 26.2 Å². The predicted octanol–water partition coefficient (Wildman–Crippen LogP) is 4.00. The van der Waals surface area contributed by atoms with E-state index in [1.807, 2.05) is 30.3 Å². The average molecular weight is 571 g/mol. The van der Waals surface area contributed by atoms with Gasteiger partial charge in [0.05, 0.1) is 41.0 Å². The van der Waals surface area contributed by atoms with Crippen LogP contribution in [0.25, 0.3) is 0 Å². The van der Waals surface area contributed by atoms with E-state index in [4.69, 9.17) is 37.9 Å². The summed E-state index contributed by atoms with van der Waals surface area (Å²) in [5.74, 6) is -1.64. The summed E-state index contributed by atoms with van der Waals surface area (Å²) in [7, 11) is 4.54.